The van der Waals surface area contributed by atoms with Crippen molar-refractivity contribution in [2.24, 2.45) is 5.92 Å². The largest absolute Gasteiger partial charge is 0.465 e. The van der Waals surface area contributed by atoms with Gasteiger partial charge in [-0.25, -0.2) is 4.98 Å². The minimum absolute atomic E-state index is 0.0991. The summed E-state index contributed by atoms with van der Waals surface area (Å²) in [7, 11) is 0. The van der Waals surface area contributed by atoms with Crippen molar-refractivity contribution >= 4 is 11.9 Å². The standard InChI is InChI=1S/C13H15N3O4/c17-10-5-9(15-11(16-10)7-1-2-7)12(18)14-6-8-3-4-20-13(8)19/h5,7-8H,1-4,6H2,(H,14,18)(H,15,16,17). The number of carbonyl (C=O) groups excluding carboxylic acids is 2. The van der Waals surface area contributed by atoms with Gasteiger partial charge >= 0.3 is 5.97 Å². The van der Waals surface area contributed by atoms with E-state index in [2.05, 4.69) is 15.3 Å². The second-order valence-electron chi connectivity index (χ2n) is 5.15. The molecule has 3 rings (SSSR count). The van der Waals surface area contributed by atoms with Gasteiger partial charge < -0.3 is 15.0 Å². The lowest BCUT2D eigenvalue weighted by Crippen LogP contribution is -2.32. The molecule has 2 N–H and O–H groups in total. The van der Waals surface area contributed by atoms with Crippen LogP contribution in [0.2, 0.25) is 0 Å². The number of rotatable bonds is 4. The zero-order chi connectivity index (χ0) is 14.1. The quantitative estimate of drug-likeness (QED) is 0.751. The van der Waals surface area contributed by atoms with Crippen molar-refractivity contribution in [3.63, 3.8) is 0 Å². The number of carbonyl (C=O) groups is 2. The Morgan fingerprint density at radius 2 is 2.20 bits per heavy atom. The molecule has 0 radical (unpaired) electrons. The SMILES string of the molecule is O=C(NCC1CCOC1=O)c1cc(=O)[nH]c(C2CC2)n1. The van der Waals surface area contributed by atoms with Crippen LogP contribution in [0.15, 0.2) is 10.9 Å². The van der Waals surface area contributed by atoms with Gasteiger partial charge in [-0.2, -0.15) is 0 Å². The minimum atomic E-state index is -0.433. The molecule has 1 saturated carbocycles. The van der Waals surface area contributed by atoms with E-state index in [9.17, 15) is 14.4 Å². The van der Waals surface area contributed by atoms with Gasteiger partial charge in [-0.3, -0.25) is 14.4 Å². The highest BCUT2D eigenvalue weighted by Crippen LogP contribution is 2.37. The summed E-state index contributed by atoms with van der Waals surface area (Å²) in [5.74, 6) is -0.187. The summed E-state index contributed by atoms with van der Waals surface area (Å²) in [4.78, 5) is 41.6. The maximum atomic E-state index is 12.0. The van der Waals surface area contributed by atoms with E-state index < -0.39 is 5.91 Å². The molecule has 1 atom stereocenters. The average molecular weight is 277 g/mol. The van der Waals surface area contributed by atoms with Crippen molar-refractivity contribution in [2.75, 3.05) is 13.2 Å². The summed E-state index contributed by atoms with van der Waals surface area (Å²) in [6, 6.07) is 1.17. The number of amides is 1. The highest BCUT2D eigenvalue weighted by atomic mass is 16.5. The fraction of sp³-hybridized carbons (Fsp3) is 0.538. The molecule has 7 heteroatoms. The molecule has 2 heterocycles. The highest BCUT2D eigenvalue weighted by molar-refractivity contribution is 5.92. The van der Waals surface area contributed by atoms with Crippen molar-refractivity contribution in [2.45, 2.75) is 25.2 Å². The van der Waals surface area contributed by atoms with Crippen molar-refractivity contribution < 1.29 is 14.3 Å². The monoisotopic (exact) mass is 277 g/mol. The van der Waals surface area contributed by atoms with Gasteiger partial charge in [0.25, 0.3) is 11.5 Å². The highest BCUT2D eigenvalue weighted by Gasteiger charge is 2.28. The Hall–Kier alpha value is -2.18. The molecular weight excluding hydrogens is 262 g/mol. The second kappa shape index (κ2) is 5.07. The lowest BCUT2D eigenvalue weighted by Gasteiger charge is -2.08. The van der Waals surface area contributed by atoms with Gasteiger partial charge in [0.2, 0.25) is 0 Å². The smallest absolute Gasteiger partial charge is 0.310 e. The molecule has 0 spiro atoms. The first-order valence-corrected chi connectivity index (χ1v) is 6.69. The Balaban J connectivity index is 1.67. The number of ether oxygens (including phenoxy) is 1. The third-order valence-electron chi connectivity index (χ3n) is 3.51. The molecule has 2 aliphatic rings. The zero-order valence-corrected chi connectivity index (χ0v) is 10.8. The van der Waals surface area contributed by atoms with E-state index in [0.29, 0.717) is 18.9 Å². The van der Waals surface area contributed by atoms with Crippen LogP contribution in [0.5, 0.6) is 0 Å². The molecule has 0 bridgehead atoms. The fourth-order valence-electron chi connectivity index (χ4n) is 2.17. The maximum absolute atomic E-state index is 12.0. The van der Waals surface area contributed by atoms with Crippen LogP contribution < -0.4 is 10.9 Å². The molecule has 1 saturated heterocycles. The van der Waals surface area contributed by atoms with Crippen molar-refractivity contribution in [3.05, 3.63) is 27.9 Å². The summed E-state index contributed by atoms with van der Waals surface area (Å²) < 4.78 is 4.82. The number of aromatic nitrogens is 2. The summed E-state index contributed by atoms with van der Waals surface area (Å²) in [6.07, 6.45) is 2.58. The van der Waals surface area contributed by atoms with Crippen molar-refractivity contribution in [1.29, 1.82) is 0 Å². The minimum Gasteiger partial charge on any atom is -0.465 e. The molecule has 0 aromatic carbocycles. The van der Waals surface area contributed by atoms with Crippen molar-refractivity contribution in [1.82, 2.24) is 15.3 Å². The van der Waals surface area contributed by atoms with Gasteiger partial charge in [0.15, 0.2) is 0 Å². The average Bonchev–Trinajstić information content (AvgIpc) is 3.19. The molecule has 2 fully saturated rings. The van der Waals surface area contributed by atoms with Gasteiger partial charge in [0, 0.05) is 18.5 Å². The van der Waals surface area contributed by atoms with Crippen LogP contribution in [0, 0.1) is 5.92 Å². The van der Waals surface area contributed by atoms with Crippen LogP contribution in [0.1, 0.15) is 41.5 Å². The Labute approximate surface area is 114 Å². The first-order valence-electron chi connectivity index (χ1n) is 6.69. The topological polar surface area (TPSA) is 101 Å². The molecular formula is C13H15N3O4. The van der Waals surface area contributed by atoms with Crippen LogP contribution in [0.25, 0.3) is 0 Å². The van der Waals surface area contributed by atoms with Crippen LogP contribution in [-0.2, 0) is 9.53 Å². The maximum Gasteiger partial charge on any atom is 0.310 e. The normalized spacial score (nSPS) is 21.6. The van der Waals surface area contributed by atoms with E-state index >= 15 is 0 Å². The molecule has 1 unspecified atom stereocenters. The van der Waals surface area contributed by atoms with E-state index in [0.717, 1.165) is 12.8 Å². The number of esters is 1. The lowest BCUT2D eigenvalue weighted by molar-refractivity contribution is -0.141. The molecule has 1 aliphatic heterocycles. The third kappa shape index (κ3) is 2.71. The van der Waals surface area contributed by atoms with Crippen LogP contribution in [0.3, 0.4) is 0 Å². The van der Waals surface area contributed by atoms with Gasteiger partial charge in [0.1, 0.15) is 11.5 Å². The molecule has 7 nitrogen and oxygen atoms in total. The lowest BCUT2D eigenvalue weighted by atomic mass is 10.1. The third-order valence-corrected chi connectivity index (χ3v) is 3.51. The van der Waals surface area contributed by atoms with Gasteiger partial charge in [-0.1, -0.05) is 0 Å². The number of cyclic esters (lactones) is 1. The Morgan fingerprint density at radius 1 is 1.40 bits per heavy atom. The summed E-state index contributed by atoms with van der Waals surface area (Å²) in [5, 5.41) is 2.63. The van der Waals surface area contributed by atoms with Gasteiger partial charge in [-0.15, -0.1) is 0 Å². The van der Waals surface area contributed by atoms with Gasteiger partial charge in [-0.05, 0) is 19.3 Å². The Morgan fingerprint density at radius 3 is 2.85 bits per heavy atom. The molecule has 106 valence electrons. The van der Waals surface area contributed by atoms with E-state index in [-0.39, 0.29) is 35.6 Å². The summed E-state index contributed by atoms with van der Waals surface area (Å²) in [6.45, 7) is 0.610. The summed E-state index contributed by atoms with van der Waals surface area (Å²) >= 11 is 0. The second-order valence-corrected chi connectivity index (χ2v) is 5.15. The molecule has 1 amide bonds. The number of H-pyrrole nitrogens is 1. The van der Waals surface area contributed by atoms with E-state index in [1.165, 1.54) is 6.07 Å². The number of hydrogen-bond donors (Lipinski definition) is 2. The predicted molar refractivity (Wildman–Crippen MR) is 68.2 cm³/mol. The molecule has 1 aliphatic carbocycles. The molecule has 1 aromatic rings. The first-order chi connectivity index (χ1) is 9.63. The fourth-order valence-corrected chi connectivity index (χ4v) is 2.17. The number of nitrogens with zero attached hydrogens (tertiary/aromatic N) is 1. The number of nitrogens with one attached hydrogen (secondary N) is 2. The number of aromatic amines is 1. The Bertz CT molecular complexity index is 606. The van der Waals surface area contributed by atoms with Gasteiger partial charge in [0.05, 0.1) is 12.5 Å². The number of hydrogen-bond acceptors (Lipinski definition) is 5. The predicted octanol–water partition coefficient (Wildman–Crippen LogP) is -0.0598. The zero-order valence-electron chi connectivity index (χ0n) is 10.8. The first kappa shape index (κ1) is 12.8. The summed E-state index contributed by atoms with van der Waals surface area (Å²) in [5.41, 5.74) is -0.227. The van der Waals surface area contributed by atoms with E-state index in [4.69, 9.17) is 4.74 Å². The van der Waals surface area contributed by atoms with Crippen molar-refractivity contribution in [3.8, 4) is 0 Å². The van der Waals surface area contributed by atoms with E-state index in [1.807, 2.05) is 0 Å². The van der Waals surface area contributed by atoms with Crippen LogP contribution in [0.4, 0.5) is 0 Å². The molecule has 1 aromatic heterocycles. The van der Waals surface area contributed by atoms with Crippen LogP contribution in [-0.4, -0.2) is 35.0 Å². The van der Waals surface area contributed by atoms with E-state index in [1.54, 1.807) is 0 Å². The Kier molecular flexibility index (Phi) is 3.25. The van der Waals surface area contributed by atoms with Crippen LogP contribution >= 0.6 is 0 Å². The molecule has 20 heavy (non-hydrogen) atoms.